The Labute approximate surface area is 161 Å². The first-order valence-electron chi connectivity index (χ1n) is 9.62. The molecule has 0 spiro atoms. The van der Waals surface area contributed by atoms with Gasteiger partial charge in [0.15, 0.2) is 11.5 Å². The van der Waals surface area contributed by atoms with Gasteiger partial charge in [-0.2, -0.15) is 0 Å². The van der Waals surface area contributed by atoms with Crippen LogP contribution in [0.15, 0.2) is 22.6 Å². The third-order valence-electron chi connectivity index (χ3n) is 5.42. The van der Waals surface area contributed by atoms with E-state index >= 15 is 0 Å². The highest BCUT2D eigenvalue weighted by molar-refractivity contribution is 5.97. The van der Waals surface area contributed by atoms with Crippen molar-refractivity contribution >= 4 is 5.91 Å². The molecule has 1 aromatic carbocycles. The van der Waals surface area contributed by atoms with Crippen LogP contribution in [0, 0.1) is 20.8 Å². The van der Waals surface area contributed by atoms with Gasteiger partial charge in [-0.1, -0.05) is 6.07 Å². The summed E-state index contributed by atoms with van der Waals surface area (Å²) in [5.74, 6) is 2.77. The van der Waals surface area contributed by atoms with Crippen LogP contribution in [0.2, 0.25) is 0 Å². The highest BCUT2D eigenvalue weighted by atomic mass is 16.5. The first-order chi connectivity index (χ1) is 12.9. The van der Waals surface area contributed by atoms with Gasteiger partial charge < -0.3 is 19.2 Å². The summed E-state index contributed by atoms with van der Waals surface area (Å²) in [5, 5.41) is 3.06. The number of ether oxygens (including phenoxy) is 2. The molecule has 1 fully saturated rings. The number of rotatable bonds is 6. The summed E-state index contributed by atoms with van der Waals surface area (Å²) >= 11 is 0. The molecule has 2 aromatic rings. The molecular formula is C22H29NO4. The molecule has 1 unspecified atom stereocenters. The molecule has 1 amide bonds. The van der Waals surface area contributed by atoms with Crippen molar-refractivity contribution in [2.75, 3.05) is 7.11 Å². The van der Waals surface area contributed by atoms with E-state index in [0.29, 0.717) is 17.1 Å². The van der Waals surface area contributed by atoms with Gasteiger partial charge in [0.05, 0.1) is 24.8 Å². The zero-order chi connectivity index (χ0) is 19.6. The molecule has 3 rings (SSSR count). The van der Waals surface area contributed by atoms with Gasteiger partial charge in [-0.15, -0.1) is 0 Å². The van der Waals surface area contributed by atoms with Gasteiger partial charge in [0.2, 0.25) is 0 Å². The van der Waals surface area contributed by atoms with Crippen LogP contribution >= 0.6 is 0 Å². The van der Waals surface area contributed by atoms with E-state index in [-0.39, 0.29) is 18.1 Å². The Balaban J connectivity index is 1.74. The summed E-state index contributed by atoms with van der Waals surface area (Å²) in [4.78, 5) is 12.7. The minimum Gasteiger partial charge on any atom is -0.493 e. The average Bonchev–Trinajstić information content (AvgIpc) is 3.23. The van der Waals surface area contributed by atoms with Gasteiger partial charge in [0.25, 0.3) is 5.91 Å². The number of hydrogen-bond donors (Lipinski definition) is 1. The van der Waals surface area contributed by atoms with E-state index in [9.17, 15) is 4.79 Å². The minimum atomic E-state index is -0.166. The maximum atomic E-state index is 12.7. The van der Waals surface area contributed by atoms with Gasteiger partial charge in [0, 0.05) is 5.56 Å². The van der Waals surface area contributed by atoms with Gasteiger partial charge in [0.1, 0.15) is 11.5 Å². The second kappa shape index (κ2) is 8.07. The third kappa shape index (κ3) is 4.12. The fraction of sp³-hybridized carbons (Fsp3) is 0.500. The maximum Gasteiger partial charge on any atom is 0.255 e. The lowest BCUT2D eigenvalue weighted by Crippen LogP contribution is -2.27. The van der Waals surface area contributed by atoms with Crippen LogP contribution in [0.3, 0.4) is 0 Å². The maximum absolute atomic E-state index is 12.7. The van der Waals surface area contributed by atoms with Crippen LogP contribution in [0.25, 0.3) is 0 Å². The molecule has 5 heteroatoms. The number of aryl methyl sites for hydroxylation is 2. The SMILES string of the molecule is COc1cc(C(C)NC(=O)c2c(C)oc(C)c2C)ccc1OC1CCCC1. The van der Waals surface area contributed by atoms with E-state index in [1.54, 1.807) is 7.11 Å². The molecule has 1 aromatic heterocycles. The van der Waals surface area contributed by atoms with E-state index in [4.69, 9.17) is 13.9 Å². The van der Waals surface area contributed by atoms with Crippen molar-refractivity contribution in [2.45, 2.75) is 65.5 Å². The Hall–Kier alpha value is -2.43. The standard InChI is InChI=1S/C22H29NO4/c1-13-15(3)26-16(4)21(13)22(24)23-14(2)17-10-11-19(20(12-17)25-5)27-18-8-6-7-9-18/h10-12,14,18H,6-9H2,1-5H3,(H,23,24). The van der Waals surface area contributed by atoms with Crippen LogP contribution in [-0.4, -0.2) is 19.1 Å². The lowest BCUT2D eigenvalue weighted by molar-refractivity contribution is 0.0937. The Bertz CT molecular complexity index is 818. The van der Waals surface area contributed by atoms with Crippen molar-refractivity contribution in [2.24, 2.45) is 0 Å². The van der Waals surface area contributed by atoms with Crippen molar-refractivity contribution < 1.29 is 18.7 Å². The molecule has 0 bridgehead atoms. The lowest BCUT2D eigenvalue weighted by Gasteiger charge is -2.19. The molecular weight excluding hydrogens is 342 g/mol. The van der Waals surface area contributed by atoms with Crippen molar-refractivity contribution in [3.8, 4) is 11.5 Å². The highest BCUT2D eigenvalue weighted by Crippen LogP contribution is 2.34. The molecule has 1 aliphatic carbocycles. The fourth-order valence-electron chi connectivity index (χ4n) is 3.72. The number of methoxy groups -OCH3 is 1. The number of carbonyl (C=O) groups is 1. The lowest BCUT2D eigenvalue weighted by atomic mass is 10.1. The second-order valence-corrected chi connectivity index (χ2v) is 7.34. The monoisotopic (exact) mass is 371 g/mol. The number of nitrogens with one attached hydrogen (secondary N) is 1. The predicted octanol–water partition coefficient (Wildman–Crippen LogP) is 5.03. The van der Waals surface area contributed by atoms with Crippen molar-refractivity contribution in [1.29, 1.82) is 0 Å². The van der Waals surface area contributed by atoms with Crippen LogP contribution < -0.4 is 14.8 Å². The third-order valence-corrected chi connectivity index (χ3v) is 5.42. The van der Waals surface area contributed by atoms with Crippen LogP contribution in [0.1, 0.15) is 71.7 Å². The Kier molecular flexibility index (Phi) is 5.78. The van der Waals surface area contributed by atoms with Gasteiger partial charge in [-0.05, 0) is 71.1 Å². The Morgan fingerprint density at radius 2 is 1.85 bits per heavy atom. The smallest absolute Gasteiger partial charge is 0.255 e. The van der Waals surface area contributed by atoms with Crippen LogP contribution in [0.5, 0.6) is 11.5 Å². The summed E-state index contributed by atoms with van der Waals surface area (Å²) in [6, 6.07) is 5.70. The largest absolute Gasteiger partial charge is 0.493 e. The quantitative estimate of drug-likeness (QED) is 0.774. The zero-order valence-electron chi connectivity index (χ0n) is 16.8. The molecule has 27 heavy (non-hydrogen) atoms. The van der Waals surface area contributed by atoms with Gasteiger partial charge in [-0.3, -0.25) is 4.79 Å². The summed E-state index contributed by atoms with van der Waals surface area (Å²) in [6.45, 7) is 7.56. The van der Waals surface area contributed by atoms with Crippen molar-refractivity contribution in [3.63, 3.8) is 0 Å². The van der Waals surface area contributed by atoms with Gasteiger partial charge >= 0.3 is 0 Å². The van der Waals surface area contributed by atoms with E-state index < -0.39 is 0 Å². The van der Waals surface area contributed by atoms with Crippen LogP contribution in [0.4, 0.5) is 0 Å². The molecule has 1 atom stereocenters. The van der Waals surface area contributed by atoms with E-state index in [1.165, 1.54) is 12.8 Å². The predicted molar refractivity (Wildman–Crippen MR) is 105 cm³/mol. The Morgan fingerprint density at radius 3 is 2.44 bits per heavy atom. The molecule has 0 aliphatic heterocycles. The highest BCUT2D eigenvalue weighted by Gasteiger charge is 2.22. The van der Waals surface area contributed by atoms with Crippen molar-refractivity contribution in [3.05, 3.63) is 46.4 Å². The van der Waals surface area contributed by atoms with Gasteiger partial charge in [-0.25, -0.2) is 0 Å². The van der Waals surface area contributed by atoms with Crippen molar-refractivity contribution in [1.82, 2.24) is 5.32 Å². The molecule has 1 saturated carbocycles. The summed E-state index contributed by atoms with van der Waals surface area (Å²) in [6.07, 6.45) is 4.92. The Morgan fingerprint density at radius 1 is 1.15 bits per heavy atom. The first-order valence-corrected chi connectivity index (χ1v) is 9.62. The molecule has 1 heterocycles. The number of carbonyl (C=O) groups excluding carboxylic acids is 1. The average molecular weight is 371 g/mol. The molecule has 5 nitrogen and oxygen atoms in total. The molecule has 1 aliphatic rings. The number of hydrogen-bond acceptors (Lipinski definition) is 4. The first kappa shape index (κ1) is 19.3. The van der Waals surface area contributed by atoms with E-state index in [0.717, 1.165) is 35.5 Å². The zero-order valence-corrected chi connectivity index (χ0v) is 16.8. The number of amides is 1. The normalized spacial score (nSPS) is 15.6. The summed E-state index contributed by atoms with van der Waals surface area (Å²) in [7, 11) is 1.64. The topological polar surface area (TPSA) is 60.7 Å². The summed E-state index contributed by atoms with van der Waals surface area (Å²) in [5.41, 5.74) is 2.47. The van der Waals surface area contributed by atoms with E-state index in [2.05, 4.69) is 5.32 Å². The fourth-order valence-corrected chi connectivity index (χ4v) is 3.72. The molecule has 0 radical (unpaired) electrons. The molecule has 0 saturated heterocycles. The molecule has 1 N–H and O–H groups in total. The second-order valence-electron chi connectivity index (χ2n) is 7.34. The number of benzene rings is 1. The number of furan rings is 1. The summed E-state index contributed by atoms with van der Waals surface area (Å²) < 4.78 is 17.2. The van der Waals surface area contributed by atoms with E-state index in [1.807, 2.05) is 45.9 Å². The van der Waals surface area contributed by atoms with Crippen LogP contribution in [-0.2, 0) is 0 Å². The molecule has 146 valence electrons. The minimum absolute atomic E-state index is 0.125.